The Labute approximate surface area is 75.7 Å². The highest BCUT2D eigenvalue weighted by atomic mass is 127. The second kappa shape index (κ2) is 9.39. The van der Waals surface area contributed by atoms with Crippen LogP contribution in [0, 0.1) is 0 Å². The SMILES string of the molecule is COCC=CCOCCI. The first-order valence-corrected chi connectivity index (χ1v) is 4.72. The van der Waals surface area contributed by atoms with E-state index in [0.29, 0.717) is 13.2 Å². The van der Waals surface area contributed by atoms with Crippen molar-refractivity contribution in [2.45, 2.75) is 0 Å². The monoisotopic (exact) mass is 256 g/mol. The number of ether oxygens (including phenoxy) is 2. The predicted octanol–water partition coefficient (Wildman–Crippen LogP) is 1.64. The molecule has 0 aliphatic rings. The molecule has 0 aliphatic heterocycles. The van der Waals surface area contributed by atoms with Crippen LogP contribution in [0.25, 0.3) is 0 Å². The third-order valence-electron chi connectivity index (χ3n) is 0.865. The van der Waals surface area contributed by atoms with Gasteiger partial charge in [-0.1, -0.05) is 34.7 Å². The van der Waals surface area contributed by atoms with Gasteiger partial charge in [0.2, 0.25) is 0 Å². The van der Waals surface area contributed by atoms with Gasteiger partial charge in [-0.2, -0.15) is 0 Å². The molecule has 0 heterocycles. The topological polar surface area (TPSA) is 18.5 Å². The molecule has 0 saturated carbocycles. The lowest BCUT2D eigenvalue weighted by molar-refractivity contribution is 0.180. The van der Waals surface area contributed by atoms with Crippen molar-refractivity contribution in [3.05, 3.63) is 12.2 Å². The third kappa shape index (κ3) is 8.39. The maximum Gasteiger partial charge on any atom is 0.0648 e. The molecule has 0 bridgehead atoms. The molecule has 0 fully saturated rings. The summed E-state index contributed by atoms with van der Waals surface area (Å²) in [5.41, 5.74) is 0. The Morgan fingerprint density at radius 1 is 1.30 bits per heavy atom. The van der Waals surface area contributed by atoms with Crippen molar-refractivity contribution in [3.63, 3.8) is 0 Å². The van der Waals surface area contributed by atoms with Gasteiger partial charge in [0.1, 0.15) is 0 Å². The van der Waals surface area contributed by atoms with Crippen molar-refractivity contribution < 1.29 is 9.47 Å². The van der Waals surface area contributed by atoms with Crippen LogP contribution in [-0.4, -0.2) is 31.4 Å². The van der Waals surface area contributed by atoms with E-state index in [4.69, 9.17) is 9.47 Å². The van der Waals surface area contributed by atoms with Crippen molar-refractivity contribution in [2.24, 2.45) is 0 Å². The minimum absolute atomic E-state index is 0.674. The number of alkyl halides is 1. The number of methoxy groups -OCH3 is 1. The Bertz CT molecular complexity index is 83.7. The Balaban J connectivity index is 2.88. The summed E-state index contributed by atoms with van der Waals surface area (Å²) in [6.07, 6.45) is 3.92. The molecule has 0 radical (unpaired) electrons. The van der Waals surface area contributed by atoms with Crippen LogP contribution in [0.4, 0.5) is 0 Å². The molecule has 0 amide bonds. The van der Waals surface area contributed by atoms with Crippen molar-refractivity contribution >= 4 is 22.6 Å². The van der Waals surface area contributed by atoms with E-state index in [-0.39, 0.29) is 0 Å². The van der Waals surface area contributed by atoms with Crippen LogP contribution in [0.2, 0.25) is 0 Å². The van der Waals surface area contributed by atoms with E-state index in [1.165, 1.54) is 0 Å². The van der Waals surface area contributed by atoms with Crippen LogP contribution in [0.1, 0.15) is 0 Å². The first-order valence-electron chi connectivity index (χ1n) is 3.19. The molecule has 0 aromatic carbocycles. The Hall–Kier alpha value is 0.390. The normalized spacial score (nSPS) is 11.0. The number of hydrogen-bond donors (Lipinski definition) is 0. The molecule has 10 heavy (non-hydrogen) atoms. The fourth-order valence-corrected chi connectivity index (χ4v) is 0.750. The van der Waals surface area contributed by atoms with Gasteiger partial charge in [0.05, 0.1) is 19.8 Å². The number of hydrogen-bond acceptors (Lipinski definition) is 2. The van der Waals surface area contributed by atoms with Crippen molar-refractivity contribution in [1.82, 2.24) is 0 Å². The van der Waals surface area contributed by atoms with Crippen LogP contribution in [0.15, 0.2) is 12.2 Å². The lowest BCUT2D eigenvalue weighted by atomic mass is 10.5. The van der Waals surface area contributed by atoms with Crippen molar-refractivity contribution in [3.8, 4) is 0 Å². The maximum absolute atomic E-state index is 5.18. The van der Waals surface area contributed by atoms with E-state index in [1.807, 2.05) is 12.2 Å². The van der Waals surface area contributed by atoms with Crippen LogP contribution in [0.3, 0.4) is 0 Å². The minimum atomic E-state index is 0.674. The highest BCUT2D eigenvalue weighted by Crippen LogP contribution is 1.83. The standard InChI is InChI=1S/C7H13IO2/c1-9-5-2-3-6-10-7-4-8/h2-3H,4-7H2,1H3. The van der Waals surface area contributed by atoms with Crippen LogP contribution in [-0.2, 0) is 9.47 Å². The summed E-state index contributed by atoms with van der Waals surface area (Å²) in [5, 5.41) is 0. The Morgan fingerprint density at radius 3 is 2.60 bits per heavy atom. The quantitative estimate of drug-likeness (QED) is 0.311. The predicted molar refractivity (Wildman–Crippen MR) is 50.7 cm³/mol. The van der Waals surface area contributed by atoms with Crippen molar-refractivity contribution in [1.29, 1.82) is 0 Å². The second-order valence-electron chi connectivity index (χ2n) is 1.69. The molecule has 0 N–H and O–H groups in total. The highest BCUT2D eigenvalue weighted by Gasteiger charge is 1.79. The van der Waals surface area contributed by atoms with Crippen LogP contribution < -0.4 is 0 Å². The Kier molecular flexibility index (Phi) is 9.76. The fraction of sp³-hybridized carbons (Fsp3) is 0.714. The van der Waals surface area contributed by atoms with Gasteiger partial charge >= 0.3 is 0 Å². The summed E-state index contributed by atoms with van der Waals surface area (Å²) < 4.78 is 11.0. The van der Waals surface area contributed by atoms with Crippen LogP contribution >= 0.6 is 22.6 Å². The molecule has 3 heteroatoms. The smallest absolute Gasteiger partial charge is 0.0648 e. The molecule has 60 valence electrons. The van der Waals surface area contributed by atoms with Crippen LogP contribution in [0.5, 0.6) is 0 Å². The second-order valence-corrected chi connectivity index (χ2v) is 2.77. The van der Waals surface area contributed by atoms with E-state index in [2.05, 4.69) is 22.6 Å². The molecule has 2 nitrogen and oxygen atoms in total. The zero-order valence-electron chi connectivity index (χ0n) is 6.18. The summed E-state index contributed by atoms with van der Waals surface area (Å²) >= 11 is 2.28. The van der Waals surface area contributed by atoms with Crippen molar-refractivity contribution in [2.75, 3.05) is 31.4 Å². The van der Waals surface area contributed by atoms with Gasteiger partial charge in [0.25, 0.3) is 0 Å². The number of rotatable bonds is 6. The summed E-state index contributed by atoms with van der Waals surface area (Å²) in [7, 11) is 1.68. The largest absolute Gasteiger partial charge is 0.381 e. The lowest BCUT2D eigenvalue weighted by Crippen LogP contribution is -1.94. The average Bonchev–Trinajstić information content (AvgIpc) is 1.97. The number of halogens is 1. The first kappa shape index (κ1) is 10.4. The van der Waals surface area contributed by atoms with Gasteiger partial charge in [-0.3, -0.25) is 0 Å². The average molecular weight is 256 g/mol. The van der Waals surface area contributed by atoms with E-state index in [0.717, 1.165) is 11.0 Å². The Morgan fingerprint density at radius 2 is 2.00 bits per heavy atom. The molecule has 0 rings (SSSR count). The molecular weight excluding hydrogens is 243 g/mol. The molecule has 0 spiro atoms. The molecule has 0 atom stereocenters. The van der Waals surface area contributed by atoms with Gasteiger partial charge in [0, 0.05) is 11.5 Å². The summed E-state index contributed by atoms with van der Waals surface area (Å²) in [5.74, 6) is 0. The molecule has 0 saturated heterocycles. The fourth-order valence-electron chi connectivity index (χ4n) is 0.438. The summed E-state index contributed by atoms with van der Waals surface area (Å²) in [6, 6.07) is 0. The zero-order chi connectivity index (χ0) is 7.66. The lowest BCUT2D eigenvalue weighted by Gasteiger charge is -1.94. The molecule has 0 aliphatic carbocycles. The zero-order valence-corrected chi connectivity index (χ0v) is 8.34. The minimum Gasteiger partial charge on any atom is -0.381 e. The maximum atomic E-state index is 5.18. The van der Waals surface area contributed by atoms with Gasteiger partial charge in [0.15, 0.2) is 0 Å². The van der Waals surface area contributed by atoms with E-state index < -0.39 is 0 Å². The van der Waals surface area contributed by atoms with E-state index >= 15 is 0 Å². The summed E-state index contributed by atoms with van der Waals surface area (Å²) in [6.45, 7) is 2.21. The van der Waals surface area contributed by atoms with Gasteiger partial charge < -0.3 is 9.47 Å². The van der Waals surface area contributed by atoms with Gasteiger partial charge in [-0.15, -0.1) is 0 Å². The molecule has 0 aromatic rings. The third-order valence-corrected chi connectivity index (χ3v) is 1.31. The molecule has 0 aromatic heterocycles. The highest BCUT2D eigenvalue weighted by molar-refractivity contribution is 14.1. The molecule has 0 unspecified atom stereocenters. The first-order chi connectivity index (χ1) is 4.91. The van der Waals surface area contributed by atoms with Gasteiger partial charge in [-0.25, -0.2) is 0 Å². The van der Waals surface area contributed by atoms with Gasteiger partial charge in [-0.05, 0) is 0 Å². The molecular formula is C7H13IO2. The van der Waals surface area contributed by atoms with E-state index in [1.54, 1.807) is 7.11 Å². The van der Waals surface area contributed by atoms with E-state index in [9.17, 15) is 0 Å². The summed E-state index contributed by atoms with van der Waals surface area (Å²) in [4.78, 5) is 0.